The number of anilines is 2. The van der Waals surface area contributed by atoms with E-state index < -0.39 is 0 Å². The molecule has 0 aromatic carbocycles. The monoisotopic (exact) mass is 193 g/mol. The van der Waals surface area contributed by atoms with Crippen molar-refractivity contribution in [3.05, 3.63) is 18.1 Å². The summed E-state index contributed by atoms with van der Waals surface area (Å²) in [6, 6.07) is 1.50. The first-order valence-corrected chi connectivity index (χ1v) is 4.91. The van der Waals surface area contributed by atoms with Crippen molar-refractivity contribution in [1.82, 2.24) is 4.98 Å². The van der Waals surface area contributed by atoms with Gasteiger partial charge < -0.3 is 10.6 Å². The van der Waals surface area contributed by atoms with Crippen LogP contribution < -0.4 is 10.6 Å². The van der Waals surface area contributed by atoms with E-state index in [-0.39, 0.29) is 5.82 Å². The van der Waals surface area contributed by atoms with Crippen molar-refractivity contribution in [2.24, 2.45) is 5.41 Å². The molecular weight excluding hydrogens is 181 g/mol. The van der Waals surface area contributed by atoms with E-state index >= 15 is 0 Å². The Kier molecular flexibility index (Phi) is 1.48. The Morgan fingerprint density at radius 2 is 2.07 bits per heavy atom. The van der Waals surface area contributed by atoms with Gasteiger partial charge in [0.2, 0.25) is 0 Å². The summed E-state index contributed by atoms with van der Waals surface area (Å²) in [4.78, 5) is 4.02. The van der Waals surface area contributed by atoms with Crippen molar-refractivity contribution in [3.8, 4) is 0 Å². The minimum Gasteiger partial charge on any atom is -0.381 e. The highest BCUT2D eigenvalue weighted by Crippen LogP contribution is 2.47. The molecule has 0 unspecified atom stereocenters. The summed E-state index contributed by atoms with van der Waals surface area (Å²) < 4.78 is 12.9. The SMILES string of the molecule is Fc1cnc2c(c1)NCC1(CC1)CN2. The summed E-state index contributed by atoms with van der Waals surface area (Å²) in [7, 11) is 0. The van der Waals surface area contributed by atoms with E-state index in [4.69, 9.17) is 0 Å². The second kappa shape index (κ2) is 2.59. The molecule has 1 fully saturated rings. The second-order valence-corrected chi connectivity index (χ2v) is 4.26. The minimum absolute atomic E-state index is 0.287. The zero-order valence-electron chi connectivity index (χ0n) is 7.81. The van der Waals surface area contributed by atoms with Gasteiger partial charge in [-0.3, -0.25) is 0 Å². The number of nitrogens with one attached hydrogen (secondary N) is 2. The lowest BCUT2D eigenvalue weighted by atomic mass is 10.1. The van der Waals surface area contributed by atoms with Crippen molar-refractivity contribution in [3.63, 3.8) is 0 Å². The van der Waals surface area contributed by atoms with Crippen LogP contribution in [0.15, 0.2) is 12.3 Å². The fraction of sp³-hybridized carbons (Fsp3) is 0.500. The van der Waals surface area contributed by atoms with Crippen LogP contribution in [0.25, 0.3) is 0 Å². The van der Waals surface area contributed by atoms with Crippen LogP contribution in [0.1, 0.15) is 12.8 Å². The summed E-state index contributed by atoms with van der Waals surface area (Å²) in [5, 5.41) is 6.52. The Morgan fingerprint density at radius 1 is 1.29 bits per heavy atom. The number of hydrogen-bond acceptors (Lipinski definition) is 3. The molecule has 0 amide bonds. The third kappa shape index (κ3) is 1.22. The van der Waals surface area contributed by atoms with E-state index in [2.05, 4.69) is 15.6 Å². The Labute approximate surface area is 81.7 Å². The fourth-order valence-corrected chi connectivity index (χ4v) is 1.86. The van der Waals surface area contributed by atoms with Gasteiger partial charge in [-0.1, -0.05) is 0 Å². The van der Waals surface area contributed by atoms with Gasteiger partial charge in [-0.25, -0.2) is 9.37 Å². The number of aromatic nitrogens is 1. The number of rotatable bonds is 0. The van der Waals surface area contributed by atoms with E-state index in [1.54, 1.807) is 0 Å². The Bertz CT molecular complexity index is 374. The van der Waals surface area contributed by atoms with E-state index in [1.165, 1.54) is 25.1 Å². The van der Waals surface area contributed by atoms with E-state index in [0.717, 1.165) is 24.6 Å². The Morgan fingerprint density at radius 3 is 2.86 bits per heavy atom. The zero-order chi connectivity index (χ0) is 9.60. The molecule has 14 heavy (non-hydrogen) atoms. The van der Waals surface area contributed by atoms with Gasteiger partial charge in [0.15, 0.2) is 0 Å². The highest BCUT2D eigenvalue weighted by molar-refractivity contribution is 5.65. The van der Waals surface area contributed by atoms with Gasteiger partial charge in [-0.05, 0) is 12.8 Å². The van der Waals surface area contributed by atoms with Crippen molar-refractivity contribution in [2.45, 2.75) is 12.8 Å². The topological polar surface area (TPSA) is 37.0 Å². The number of fused-ring (bicyclic) bond motifs is 1. The smallest absolute Gasteiger partial charge is 0.149 e. The first-order chi connectivity index (χ1) is 6.77. The molecule has 1 aliphatic heterocycles. The number of halogens is 1. The van der Waals surface area contributed by atoms with E-state index in [9.17, 15) is 4.39 Å². The van der Waals surface area contributed by atoms with Crippen molar-refractivity contribution >= 4 is 11.5 Å². The van der Waals surface area contributed by atoms with Gasteiger partial charge in [-0.2, -0.15) is 0 Å². The summed E-state index contributed by atoms with van der Waals surface area (Å²) in [6.45, 7) is 1.88. The van der Waals surface area contributed by atoms with Gasteiger partial charge in [0.25, 0.3) is 0 Å². The van der Waals surface area contributed by atoms with Crippen LogP contribution >= 0.6 is 0 Å². The van der Waals surface area contributed by atoms with Crippen LogP contribution in [-0.4, -0.2) is 18.1 Å². The van der Waals surface area contributed by atoms with Crippen LogP contribution in [-0.2, 0) is 0 Å². The molecule has 1 aromatic heterocycles. The normalized spacial score (nSPS) is 21.8. The number of pyridine rings is 1. The van der Waals surface area contributed by atoms with Crippen molar-refractivity contribution in [1.29, 1.82) is 0 Å². The molecule has 0 radical (unpaired) electrons. The lowest BCUT2D eigenvalue weighted by molar-refractivity contribution is 0.581. The maximum Gasteiger partial charge on any atom is 0.149 e. The lowest BCUT2D eigenvalue weighted by Crippen LogP contribution is -2.19. The van der Waals surface area contributed by atoms with Crippen LogP contribution in [0.2, 0.25) is 0 Å². The quantitative estimate of drug-likeness (QED) is 0.660. The highest BCUT2D eigenvalue weighted by Gasteiger charge is 2.43. The lowest BCUT2D eigenvalue weighted by Gasteiger charge is -2.10. The van der Waals surface area contributed by atoms with Crippen molar-refractivity contribution in [2.75, 3.05) is 23.7 Å². The molecule has 3 rings (SSSR count). The molecule has 2 aliphatic rings. The maximum atomic E-state index is 12.9. The molecular formula is C10H12FN3. The van der Waals surface area contributed by atoms with Crippen LogP contribution in [0, 0.1) is 11.2 Å². The number of hydrogen-bond donors (Lipinski definition) is 2. The average molecular weight is 193 g/mol. The summed E-state index contributed by atoms with van der Waals surface area (Å²) in [5.41, 5.74) is 1.19. The summed E-state index contributed by atoms with van der Waals surface area (Å²) in [6.07, 6.45) is 3.76. The third-order valence-corrected chi connectivity index (χ3v) is 3.10. The van der Waals surface area contributed by atoms with Crippen molar-refractivity contribution < 1.29 is 4.39 Å². The fourth-order valence-electron chi connectivity index (χ4n) is 1.86. The standard InChI is InChI=1S/C10H12FN3/c11-7-3-8-9(12-4-7)14-6-10(1-2-10)5-13-8/h3-4,13H,1-2,5-6H2,(H,12,14). The molecule has 1 aromatic rings. The summed E-state index contributed by atoms with van der Waals surface area (Å²) in [5.74, 6) is 0.486. The zero-order valence-corrected chi connectivity index (χ0v) is 7.81. The van der Waals surface area contributed by atoms with Gasteiger partial charge in [-0.15, -0.1) is 0 Å². The predicted molar refractivity (Wildman–Crippen MR) is 52.8 cm³/mol. The Balaban J connectivity index is 1.93. The molecule has 0 atom stereocenters. The summed E-state index contributed by atoms with van der Waals surface area (Å²) >= 11 is 0. The van der Waals surface area contributed by atoms with Crippen LogP contribution in [0.5, 0.6) is 0 Å². The average Bonchev–Trinajstić information content (AvgIpc) is 2.96. The minimum atomic E-state index is -0.287. The molecule has 2 N–H and O–H groups in total. The van der Waals surface area contributed by atoms with Gasteiger partial charge >= 0.3 is 0 Å². The first-order valence-electron chi connectivity index (χ1n) is 4.91. The van der Waals surface area contributed by atoms with Gasteiger partial charge in [0.1, 0.15) is 11.6 Å². The predicted octanol–water partition coefficient (Wildman–Crippen LogP) is 1.84. The molecule has 1 aliphatic carbocycles. The first kappa shape index (κ1) is 8.03. The third-order valence-electron chi connectivity index (χ3n) is 3.10. The van der Waals surface area contributed by atoms with Crippen LogP contribution in [0.3, 0.4) is 0 Å². The van der Waals surface area contributed by atoms with Gasteiger partial charge in [0.05, 0.1) is 11.9 Å². The molecule has 0 saturated heterocycles. The van der Waals surface area contributed by atoms with Gasteiger partial charge in [0, 0.05) is 24.6 Å². The molecule has 1 spiro atoms. The van der Waals surface area contributed by atoms with E-state index in [0.29, 0.717) is 5.41 Å². The Hall–Kier alpha value is -1.32. The molecule has 74 valence electrons. The largest absolute Gasteiger partial charge is 0.381 e. The molecule has 2 heterocycles. The maximum absolute atomic E-state index is 12.9. The molecule has 4 heteroatoms. The molecule has 3 nitrogen and oxygen atoms in total. The second-order valence-electron chi connectivity index (χ2n) is 4.26. The van der Waals surface area contributed by atoms with E-state index in [1.807, 2.05) is 0 Å². The van der Waals surface area contributed by atoms with Crippen LogP contribution in [0.4, 0.5) is 15.9 Å². The number of nitrogens with zero attached hydrogens (tertiary/aromatic N) is 1. The molecule has 1 saturated carbocycles. The highest BCUT2D eigenvalue weighted by atomic mass is 19.1. The molecule has 0 bridgehead atoms.